The molecule has 2 atom stereocenters. The molecule has 1 fully saturated rings. The van der Waals surface area contributed by atoms with Crippen LogP contribution in [-0.2, 0) is 4.79 Å². The summed E-state index contributed by atoms with van der Waals surface area (Å²) in [7, 11) is 0. The largest absolute Gasteiger partial charge is 0.362 e. The average molecular weight is 499 g/mol. The van der Waals surface area contributed by atoms with E-state index in [0.29, 0.717) is 53.0 Å². The number of benzene rings is 1. The molecule has 6 nitrogen and oxygen atoms in total. The maximum absolute atomic E-state index is 12.7. The average Bonchev–Trinajstić information content (AvgIpc) is 2.78. The summed E-state index contributed by atoms with van der Waals surface area (Å²) in [5.74, 6) is 1.45. The van der Waals surface area contributed by atoms with Crippen LogP contribution in [0.1, 0.15) is 51.6 Å². The van der Waals surface area contributed by atoms with Gasteiger partial charge in [-0.1, -0.05) is 67.6 Å². The van der Waals surface area contributed by atoms with Crippen LogP contribution in [0.3, 0.4) is 0 Å². The van der Waals surface area contributed by atoms with Crippen LogP contribution >= 0.6 is 34.8 Å². The molecule has 1 aromatic heterocycles. The van der Waals surface area contributed by atoms with Crippen LogP contribution in [-0.4, -0.2) is 47.0 Å². The van der Waals surface area contributed by atoms with Crippen LogP contribution in [0.5, 0.6) is 0 Å². The highest BCUT2D eigenvalue weighted by Crippen LogP contribution is 2.30. The normalized spacial score (nSPS) is 16.1. The Kier molecular flexibility index (Phi) is 8.86. The van der Waals surface area contributed by atoms with E-state index in [0.717, 1.165) is 24.8 Å². The van der Waals surface area contributed by atoms with Gasteiger partial charge in [-0.05, 0) is 31.0 Å². The van der Waals surface area contributed by atoms with E-state index in [1.807, 2.05) is 24.8 Å². The second-order valence-corrected chi connectivity index (χ2v) is 9.50. The van der Waals surface area contributed by atoms with Crippen molar-refractivity contribution < 1.29 is 4.79 Å². The van der Waals surface area contributed by atoms with Crippen LogP contribution in [0.15, 0.2) is 24.4 Å². The van der Waals surface area contributed by atoms with Gasteiger partial charge in [0.1, 0.15) is 5.02 Å². The molecule has 1 aliphatic heterocycles. The number of anilines is 2. The predicted molar refractivity (Wildman–Crippen MR) is 133 cm³/mol. The van der Waals surface area contributed by atoms with Crippen LogP contribution in [0.4, 0.5) is 11.8 Å². The van der Waals surface area contributed by atoms with Crippen molar-refractivity contribution in [1.82, 2.24) is 14.9 Å². The van der Waals surface area contributed by atoms with Gasteiger partial charge in [0.15, 0.2) is 5.82 Å². The maximum atomic E-state index is 12.7. The molecule has 0 radical (unpaired) electrons. The van der Waals surface area contributed by atoms with Crippen molar-refractivity contribution in [1.29, 1.82) is 0 Å². The van der Waals surface area contributed by atoms with E-state index in [9.17, 15) is 4.79 Å². The minimum absolute atomic E-state index is 0.0743. The molecule has 174 valence electrons. The summed E-state index contributed by atoms with van der Waals surface area (Å²) < 4.78 is 0. The molecule has 2 heterocycles. The Labute approximate surface area is 205 Å². The van der Waals surface area contributed by atoms with Gasteiger partial charge in [-0.3, -0.25) is 4.79 Å². The van der Waals surface area contributed by atoms with Gasteiger partial charge in [0.25, 0.3) is 0 Å². The Bertz CT molecular complexity index is 934. The van der Waals surface area contributed by atoms with E-state index in [1.165, 1.54) is 0 Å². The summed E-state index contributed by atoms with van der Waals surface area (Å²) in [5, 5.41) is 4.93. The quantitative estimate of drug-likeness (QED) is 0.477. The highest BCUT2D eigenvalue weighted by atomic mass is 35.5. The molecule has 1 aliphatic rings. The molecule has 1 amide bonds. The molecule has 1 saturated heterocycles. The van der Waals surface area contributed by atoms with Crippen molar-refractivity contribution in [2.45, 2.75) is 46.1 Å². The first-order chi connectivity index (χ1) is 15.3. The molecule has 0 spiro atoms. The Morgan fingerprint density at radius 1 is 1.12 bits per heavy atom. The predicted octanol–water partition coefficient (Wildman–Crippen LogP) is 6.08. The van der Waals surface area contributed by atoms with Crippen LogP contribution < -0.4 is 10.2 Å². The number of nitrogens with zero attached hydrogens (tertiary/aromatic N) is 4. The van der Waals surface area contributed by atoms with Crippen LogP contribution in [0, 0.1) is 5.92 Å². The summed E-state index contributed by atoms with van der Waals surface area (Å²) in [6, 6.07) is 5.28. The van der Waals surface area contributed by atoms with Crippen LogP contribution in [0.25, 0.3) is 0 Å². The summed E-state index contributed by atoms with van der Waals surface area (Å²) in [6.07, 6.45) is 4.74. The fraction of sp³-hybridized carbons (Fsp3) is 0.522. The number of amides is 1. The molecule has 9 heteroatoms. The van der Waals surface area contributed by atoms with E-state index in [-0.39, 0.29) is 17.9 Å². The molecule has 1 aromatic carbocycles. The van der Waals surface area contributed by atoms with Gasteiger partial charge in [-0.2, -0.15) is 4.98 Å². The van der Waals surface area contributed by atoms with Crippen molar-refractivity contribution >= 4 is 52.5 Å². The van der Waals surface area contributed by atoms with Gasteiger partial charge >= 0.3 is 0 Å². The number of aromatic nitrogens is 2. The number of unbranched alkanes of at least 4 members (excludes halogenated alkanes) is 1. The first-order valence-electron chi connectivity index (χ1n) is 11.1. The van der Waals surface area contributed by atoms with E-state index in [1.54, 1.807) is 18.3 Å². The fourth-order valence-electron chi connectivity index (χ4n) is 3.82. The lowest BCUT2D eigenvalue weighted by molar-refractivity contribution is -0.135. The number of piperazine rings is 1. The van der Waals surface area contributed by atoms with Crippen molar-refractivity contribution in [2.24, 2.45) is 5.92 Å². The Balaban J connectivity index is 1.64. The zero-order valence-corrected chi connectivity index (χ0v) is 21.0. The summed E-state index contributed by atoms with van der Waals surface area (Å²) >= 11 is 18.7. The van der Waals surface area contributed by atoms with Gasteiger partial charge in [0.2, 0.25) is 11.9 Å². The lowest BCUT2D eigenvalue weighted by Gasteiger charge is -2.36. The summed E-state index contributed by atoms with van der Waals surface area (Å²) in [6.45, 7) is 8.87. The van der Waals surface area contributed by atoms with Crippen molar-refractivity contribution in [3.8, 4) is 0 Å². The smallest absolute Gasteiger partial charge is 0.227 e. The SMILES string of the molecule is CCCCC(C)C(=O)N1CCN(c2ncc(Cl)c(NC(C)c3ccc(Cl)cc3Cl)n2)CC1. The van der Waals surface area contributed by atoms with Gasteiger partial charge in [-0.15, -0.1) is 0 Å². The number of hydrogen-bond acceptors (Lipinski definition) is 5. The fourth-order valence-corrected chi connectivity index (χ4v) is 4.54. The summed E-state index contributed by atoms with van der Waals surface area (Å²) in [5.41, 5.74) is 0.900. The van der Waals surface area contributed by atoms with E-state index < -0.39 is 0 Å². The lowest BCUT2D eigenvalue weighted by Crippen LogP contribution is -2.50. The first kappa shape index (κ1) is 24.9. The molecule has 0 aliphatic carbocycles. The summed E-state index contributed by atoms with van der Waals surface area (Å²) in [4.78, 5) is 25.8. The number of rotatable bonds is 8. The van der Waals surface area contributed by atoms with E-state index >= 15 is 0 Å². The molecule has 0 bridgehead atoms. The highest BCUT2D eigenvalue weighted by Gasteiger charge is 2.26. The third-order valence-corrected chi connectivity index (χ3v) is 6.64. The van der Waals surface area contributed by atoms with Gasteiger partial charge in [-0.25, -0.2) is 4.98 Å². The molecule has 32 heavy (non-hydrogen) atoms. The number of nitrogens with one attached hydrogen (secondary N) is 1. The van der Waals surface area contributed by atoms with Gasteiger partial charge in [0, 0.05) is 42.1 Å². The Hall–Kier alpha value is -1.76. The van der Waals surface area contributed by atoms with Gasteiger partial charge < -0.3 is 15.1 Å². The third-order valence-electron chi connectivity index (χ3n) is 5.80. The molecule has 3 rings (SSSR count). The minimum Gasteiger partial charge on any atom is -0.362 e. The number of carbonyl (C=O) groups is 1. The van der Waals surface area contributed by atoms with E-state index in [2.05, 4.69) is 27.1 Å². The monoisotopic (exact) mass is 497 g/mol. The molecule has 2 aromatic rings. The number of carbonyl (C=O) groups excluding carboxylic acids is 1. The number of halogens is 3. The second kappa shape index (κ2) is 11.4. The van der Waals surface area contributed by atoms with Gasteiger partial charge in [0.05, 0.1) is 12.2 Å². The Morgan fingerprint density at radius 2 is 1.84 bits per heavy atom. The van der Waals surface area contributed by atoms with Crippen LogP contribution in [0.2, 0.25) is 15.1 Å². The second-order valence-electron chi connectivity index (χ2n) is 8.25. The van der Waals surface area contributed by atoms with E-state index in [4.69, 9.17) is 34.8 Å². The zero-order chi connectivity index (χ0) is 23.3. The lowest BCUT2D eigenvalue weighted by atomic mass is 10.0. The van der Waals surface area contributed by atoms with Crippen molar-refractivity contribution in [2.75, 3.05) is 36.4 Å². The standard InChI is InChI=1S/C23H30Cl3N5O/c1-4-5-6-15(2)22(32)30-9-11-31(12-10-30)23-27-14-20(26)21(29-23)28-16(3)18-8-7-17(24)13-19(18)25/h7-8,13-16H,4-6,9-12H2,1-3H3,(H,27,28,29). The topological polar surface area (TPSA) is 61.4 Å². The number of hydrogen-bond donors (Lipinski definition) is 1. The third kappa shape index (κ3) is 6.18. The van der Waals surface area contributed by atoms with Crippen molar-refractivity contribution in [3.63, 3.8) is 0 Å². The van der Waals surface area contributed by atoms with Crippen molar-refractivity contribution in [3.05, 3.63) is 45.0 Å². The minimum atomic E-state index is -0.126. The maximum Gasteiger partial charge on any atom is 0.227 e. The molecular weight excluding hydrogens is 469 g/mol. The highest BCUT2D eigenvalue weighted by molar-refractivity contribution is 6.35. The molecule has 0 saturated carbocycles. The molecule has 2 unspecified atom stereocenters. The first-order valence-corrected chi connectivity index (χ1v) is 12.2. The molecule has 1 N–H and O–H groups in total. The Morgan fingerprint density at radius 3 is 2.50 bits per heavy atom. The zero-order valence-electron chi connectivity index (χ0n) is 18.7. The molecular formula is C23H30Cl3N5O.